The first-order valence-electron chi connectivity index (χ1n) is 6.31. The maximum Gasteiger partial charge on any atom is -0.0357 e. The zero-order valence-electron chi connectivity index (χ0n) is 9.26. The summed E-state index contributed by atoms with van der Waals surface area (Å²) in [6.07, 6.45) is 10.6. The van der Waals surface area contributed by atoms with Crippen LogP contribution >= 0.6 is 0 Å². The second-order valence-corrected chi connectivity index (χ2v) is 5.45. The first-order valence-corrected chi connectivity index (χ1v) is 6.31. The van der Waals surface area contributed by atoms with Crippen LogP contribution in [0.3, 0.4) is 0 Å². The van der Waals surface area contributed by atoms with Gasteiger partial charge >= 0.3 is 0 Å². The highest BCUT2D eigenvalue weighted by Crippen LogP contribution is 2.47. The zero-order valence-corrected chi connectivity index (χ0v) is 9.26. The number of rotatable bonds is 2. The quantitative estimate of drug-likeness (QED) is 0.596. The normalized spacial score (nSPS) is 44.8. The van der Waals surface area contributed by atoms with Crippen molar-refractivity contribution in [3.8, 4) is 0 Å². The highest BCUT2D eigenvalue weighted by atomic mass is 14.4. The molecule has 2 aliphatic carbocycles. The maximum atomic E-state index is 2.49. The summed E-state index contributed by atoms with van der Waals surface area (Å²) in [5, 5.41) is 0. The lowest BCUT2D eigenvalue weighted by Crippen LogP contribution is -2.33. The van der Waals surface area contributed by atoms with E-state index in [1.54, 1.807) is 19.3 Å². The molecule has 13 heavy (non-hydrogen) atoms. The predicted molar refractivity (Wildman–Crippen MR) is 57.6 cm³/mol. The molecular weight excluding hydrogens is 156 g/mol. The van der Waals surface area contributed by atoms with Crippen LogP contribution in [-0.2, 0) is 0 Å². The van der Waals surface area contributed by atoms with Crippen molar-refractivity contribution in [1.29, 1.82) is 0 Å². The Labute approximate surface area is 83.1 Å². The summed E-state index contributed by atoms with van der Waals surface area (Å²) in [6, 6.07) is 0. The molecule has 0 radical (unpaired) electrons. The van der Waals surface area contributed by atoms with E-state index in [0.717, 1.165) is 23.7 Å². The largest absolute Gasteiger partial charge is 0.0654 e. The molecule has 0 amide bonds. The Morgan fingerprint density at radius 2 is 1.85 bits per heavy atom. The topological polar surface area (TPSA) is 0 Å². The monoisotopic (exact) mass is 180 g/mol. The zero-order chi connectivity index (χ0) is 9.26. The second kappa shape index (κ2) is 4.02. The average molecular weight is 180 g/mol. The molecule has 2 saturated carbocycles. The third-order valence-corrected chi connectivity index (χ3v) is 4.58. The summed E-state index contributed by atoms with van der Waals surface area (Å²) < 4.78 is 0. The SMILES string of the molecule is CCCC1CCC2CCC(C)C1C2. The van der Waals surface area contributed by atoms with Gasteiger partial charge in [-0.3, -0.25) is 0 Å². The van der Waals surface area contributed by atoms with Crippen LogP contribution in [0.25, 0.3) is 0 Å². The van der Waals surface area contributed by atoms with Gasteiger partial charge in [-0.2, -0.15) is 0 Å². The lowest BCUT2D eigenvalue weighted by Gasteiger charge is -2.44. The van der Waals surface area contributed by atoms with E-state index in [9.17, 15) is 0 Å². The van der Waals surface area contributed by atoms with Crippen LogP contribution in [0, 0.1) is 23.7 Å². The minimum Gasteiger partial charge on any atom is -0.0654 e. The molecule has 4 unspecified atom stereocenters. The Bertz CT molecular complexity index is 161. The van der Waals surface area contributed by atoms with E-state index in [4.69, 9.17) is 0 Å². The minimum absolute atomic E-state index is 1.04. The van der Waals surface area contributed by atoms with Crippen molar-refractivity contribution in [3.05, 3.63) is 0 Å². The van der Waals surface area contributed by atoms with Crippen LogP contribution < -0.4 is 0 Å². The first-order chi connectivity index (χ1) is 6.31. The van der Waals surface area contributed by atoms with Crippen LogP contribution in [0.5, 0.6) is 0 Å². The van der Waals surface area contributed by atoms with Gasteiger partial charge in [-0.1, -0.05) is 46.0 Å². The Morgan fingerprint density at radius 3 is 2.62 bits per heavy atom. The van der Waals surface area contributed by atoms with Crippen molar-refractivity contribution >= 4 is 0 Å². The molecule has 0 aromatic heterocycles. The first kappa shape index (κ1) is 9.55. The minimum atomic E-state index is 1.04. The van der Waals surface area contributed by atoms with Crippen LogP contribution in [0.15, 0.2) is 0 Å². The Hall–Kier alpha value is 0. The highest BCUT2D eigenvalue weighted by molar-refractivity contribution is 4.87. The third kappa shape index (κ3) is 1.92. The van der Waals surface area contributed by atoms with E-state index in [1.807, 2.05) is 0 Å². The van der Waals surface area contributed by atoms with Crippen molar-refractivity contribution in [3.63, 3.8) is 0 Å². The molecule has 0 aliphatic heterocycles. The van der Waals surface area contributed by atoms with Gasteiger partial charge in [-0.15, -0.1) is 0 Å². The third-order valence-electron chi connectivity index (χ3n) is 4.58. The van der Waals surface area contributed by atoms with E-state index >= 15 is 0 Å². The molecule has 76 valence electrons. The van der Waals surface area contributed by atoms with Crippen molar-refractivity contribution in [2.45, 2.75) is 58.8 Å². The summed E-state index contributed by atoms with van der Waals surface area (Å²) in [5.74, 6) is 4.35. The fourth-order valence-electron chi connectivity index (χ4n) is 3.76. The molecule has 2 rings (SSSR count). The molecule has 0 aromatic carbocycles. The molecule has 0 saturated heterocycles. The van der Waals surface area contributed by atoms with Gasteiger partial charge in [0.2, 0.25) is 0 Å². The Kier molecular flexibility index (Phi) is 2.96. The van der Waals surface area contributed by atoms with Crippen LogP contribution in [0.1, 0.15) is 58.8 Å². The predicted octanol–water partition coefficient (Wildman–Crippen LogP) is 4.25. The second-order valence-electron chi connectivity index (χ2n) is 5.45. The molecule has 2 aliphatic rings. The lowest BCUT2D eigenvalue weighted by molar-refractivity contribution is 0.0681. The van der Waals surface area contributed by atoms with Crippen molar-refractivity contribution < 1.29 is 0 Å². The maximum absolute atomic E-state index is 2.49. The molecule has 0 heterocycles. The summed E-state index contributed by atoms with van der Waals surface area (Å²) >= 11 is 0. The molecule has 0 nitrogen and oxygen atoms in total. The van der Waals surface area contributed by atoms with E-state index in [0.29, 0.717) is 0 Å². The average Bonchev–Trinajstić information content (AvgIpc) is 2.16. The molecular formula is C13H24. The van der Waals surface area contributed by atoms with E-state index in [-0.39, 0.29) is 0 Å². The van der Waals surface area contributed by atoms with Crippen molar-refractivity contribution in [2.75, 3.05) is 0 Å². The highest BCUT2D eigenvalue weighted by Gasteiger charge is 2.36. The van der Waals surface area contributed by atoms with Gasteiger partial charge in [-0.25, -0.2) is 0 Å². The van der Waals surface area contributed by atoms with Crippen LogP contribution in [-0.4, -0.2) is 0 Å². The summed E-state index contributed by atoms with van der Waals surface area (Å²) in [5.41, 5.74) is 0. The van der Waals surface area contributed by atoms with Gasteiger partial charge in [0.05, 0.1) is 0 Å². The van der Waals surface area contributed by atoms with Crippen molar-refractivity contribution in [1.82, 2.24) is 0 Å². The van der Waals surface area contributed by atoms with Gasteiger partial charge in [0.1, 0.15) is 0 Å². The lowest BCUT2D eigenvalue weighted by atomic mass is 9.62. The van der Waals surface area contributed by atoms with E-state index < -0.39 is 0 Å². The van der Waals surface area contributed by atoms with E-state index in [1.165, 1.54) is 25.7 Å². The van der Waals surface area contributed by atoms with Gasteiger partial charge < -0.3 is 0 Å². The van der Waals surface area contributed by atoms with Gasteiger partial charge in [0.15, 0.2) is 0 Å². The van der Waals surface area contributed by atoms with Gasteiger partial charge in [0.25, 0.3) is 0 Å². The molecule has 4 atom stereocenters. The number of hydrogen-bond donors (Lipinski definition) is 0. The Morgan fingerprint density at radius 1 is 1.08 bits per heavy atom. The summed E-state index contributed by atoms with van der Waals surface area (Å²) in [7, 11) is 0. The molecule has 0 N–H and O–H groups in total. The molecule has 0 aromatic rings. The fourth-order valence-corrected chi connectivity index (χ4v) is 3.76. The van der Waals surface area contributed by atoms with Crippen LogP contribution in [0.2, 0.25) is 0 Å². The van der Waals surface area contributed by atoms with Gasteiger partial charge in [-0.05, 0) is 36.5 Å². The molecule has 0 spiro atoms. The fraction of sp³-hybridized carbons (Fsp3) is 1.00. The Balaban J connectivity index is 1.98. The smallest absolute Gasteiger partial charge is 0.0357 e. The van der Waals surface area contributed by atoms with Crippen LogP contribution in [0.4, 0.5) is 0 Å². The number of fused-ring (bicyclic) bond motifs is 2. The summed E-state index contributed by atoms with van der Waals surface area (Å²) in [6.45, 7) is 4.84. The molecule has 0 heteroatoms. The summed E-state index contributed by atoms with van der Waals surface area (Å²) in [4.78, 5) is 0. The molecule has 2 bridgehead atoms. The van der Waals surface area contributed by atoms with Crippen molar-refractivity contribution in [2.24, 2.45) is 23.7 Å². The molecule has 2 fully saturated rings. The number of hydrogen-bond acceptors (Lipinski definition) is 0. The standard InChI is InChI=1S/C13H24/c1-3-4-12-8-7-11-6-5-10(2)13(12)9-11/h10-13H,3-9H2,1-2H3. The van der Waals surface area contributed by atoms with E-state index in [2.05, 4.69) is 13.8 Å². The van der Waals surface area contributed by atoms with Gasteiger partial charge in [0, 0.05) is 0 Å².